The Morgan fingerprint density at radius 3 is 3.18 bits per heavy atom. The molecule has 0 amide bonds. The van der Waals surface area contributed by atoms with Gasteiger partial charge in [-0.25, -0.2) is 4.98 Å². The van der Waals surface area contributed by atoms with E-state index >= 15 is 0 Å². The standard InChI is InChI=1S/C13H19ClN2O/c1-2-4-11-9-10(7-8-17-11)15-13-6-3-5-12(14)16-13/h3,5-6,10-11H,2,4,7-9H2,1H3,(H,15,16). The predicted octanol–water partition coefficient (Wildman–Crippen LogP) is 3.49. The molecule has 1 saturated heterocycles. The van der Waals surface area contributed by atoms with E-state index in [0.717, 1.165) is 31.7 Å². The zero-order valence-corrected chi connectivity index (χ0v) is 10.9. The Kier molecular flexibility index (Phi) is 4.63. The summed E-state index contributed by atoms with van der Waals surface area (Å²) >= 11 is 5.87. The summed E-state index contributed by atoms with van der Waals surface area (Å²) in [7, 11) is 0. The quantitative estimate of drug-likeness (QED) is 0.836. The molecular weight excluding hydrogens is 236 g/mol. The molecule has 1 aromatic heterocycles. The third-order valence-corrected chi connectivity index (χ3v) is 3.26. The van der Waals surface area contributed by atoms with Crippen LogP contribution >= 0.6 is 11.6 Å². The molecule has 2 rings (SSSR count). The van der Waals surface area contributed by atoms with Crippen molar-refractivity contribution in [2.24, 2.45) is 0 Å². The van der Waals surface area contributed by atoms with E-state index in [0.29, 0.717) is 17.3 Å². The minimum absolute atomic E-state index is 0.394. The molecule has 0 saturated carbocycles. The van der Waals surface area contributed by atoms with E-state index in [9.17, 15) is 0 Å². The van der Waals surface area contributed by atoms with Crippen LogP contribution in [0.2, 0.25) is 5.15 Å². The van der Waals surface area contributed by atoms with Crippen molar-refractivity contribution < 1.29 is 4.74 Å². The summed E-state index contributed by atoms with van der Waals surface area (Å²) in [5.74, 6) is 0.861. The fourth-order valence-electron chi connectivity index (χ4n) is 2.23. The van der Waals surface area contributed by atoms with E-state index in [-0.39, 0.29) is 0 Å². The second-order valence-electron chi connectivity index (χ2n) is 4.49. The predicted molar refractivity (Wildman–Crippen MR) is 70.5 cm³/mol. The summed E-state index contributed by atoms with van der Waals surface area (Å²) in [4.78, 5) is 4.25. The number of nitrogens with zero attached hydrogens (tertiary/aromatic N) is 1. The number of hydrogen-bond donors (Lipinski definition) is 1. The molecule has 0 aromatic carbocycles. The number of ether oxygens (including phenoxy) is 1. The molecule has 17 heavy (non-hydrogen) atoms. The van der Waals surface area contributed by atoms with Crippen molar-refractivity contribution in [2.75, 3.05) is 11.9 Å². The molecule has 2 unspecified atom stereocenters. The third-order valence-electron chi connectivity index (χ3n) is 3.05. The molecule has 0 bridgehead atoms. The van der Waals surface area contributed by atoms with Gasteiger partial charge in [0.05, 0.1) is 6.10 Å². The number of anilines is 1. The number of aromatic nitrogens is 1. The normalized spacial score (nSPS) is 24.6. The van der Waals surface area contributed by atoms with Crippen LogP contribution in [0.4, 0.5) is 5.82 Å². The first kappa shape index (κ1) is 12.7. The number of nitrogens with one attached hydrogen (secondary N) is 1. The fraction of sp³-hybridized carbons (Fsp3) is 0.615. The summed E-state index contributed by atoms with van der Waals surface area (Å²) in [5, 5.41) is 3.97. The Morgan fingerprint density at radius 1 is 1.53 bits per heavy atom. The lowest BCUT2D eigenvalue weighted by atomic mass is 10.0. The third kappa shape index (κ3) is 3.86. The molecule has 1 aliphatic heterocycles. The van der Waals surface area contributed by atoms with Crippen molar-refractivity contribution in [1.29, 1.82) is 0 Å². The van der Waals surface area contributed by atoms with Crippen LogP contribution in [0.3, 0.4) is 0 Å². The number of rotatable bonds is 4. The lowest BCUT2D eigenvalue weighted by Crippen LogP contribution is -2.34. The van der Waals surface area contributed by atoms with E-state index in [1.54, 1.807) is 6.07 Å². The van der Waals surface area contributed by atoms with Crippen LogP contribution in [0.5, 0.6) is 0 Å². The average Bonchev–Trinajstić information content (AvgIpc) is 2.30. The Morgan fingerprint density at radius 2 is 2.41 bits per heavy atom. The summed E-state index contributed by atoms with van der Waals surface area (Å²) in [6.07, 6.45) is 4.80. The fourth-order valence-corrected chi connectivity index (χ4v) is 2.40. The summed E-state index contributed by atoms with van der Waals surface area (Å²) in [6, 6.07) is 6.11. The van der Waals surface area contributed by atoms with Crippen molar-refractivity contribution in [2.45, 2.75) is 44.8 Å². The summed E-state index contributed by atoms with van der Waals surface area (Å²) in [6.45, 7) is 3.03. The van der Waals surface area contributed by atoms with Gasteiger partial charge in [0, 0.05) is 12.6 Å². The Labute approximate surface area is 108 Å². The minimum Gasteiger partial charge on any atom is -0.378 e. The molecule has 0 spiro atoms. The molecule has 0 radical (unpaired) electrons. The number of hydrogen-bond acceptors (Lipinski definition) is 3. The lowest BCUT2D eigenvalue weighted by Gasteiger charge is -2.30. The summed E-state index contributed by atoms with van der Waals surface area (Å²) < 4.78 is 5.72. The first-order chi connectivity index (χ1) is 8.28. The molecule has 94 valence electrons. The highest BCUT2D eigenvalue weighted by Crippen LogP contribution is 2.21. The van der Waals surface area contributed by atoms with Gasteiger partial charge in [-0.3, -0.25) is 0 Å². The number of pyridine rings is 1. The highest BCUT2D eigenvalue weighted by Gasteiger charge is 2.21. The van der Waals surface area contributed by atoms with Crippen LogP contribution in [0.15, 0.2) is 18.2 Å². The van der Waals surface area contributed by atoms with Crippen molar-refractivity contribution in [1.82, 2.24) is 4.98 Å². The topological polar surface area (TPSA) is 34.2 Å². The van der Waals surface area contributed by atoms with Crippen LogP contribution < -0.4 is 5.32 Å². The molecule has 1 aromatic rings. The van der Waals surface area contributed by atoms with Gasteiger partial charge < -0.3 is 10.1 Å². The van der Waals surface area contributed by atoms with Gasteiger partial charge in [-0.15, -0.1) is 0 Å². The first-order valence-corrected chi connectivity index (χ1v) is 6.66. The Bertz CT molecular complexity index is 357. The summed E-state index contributed by atoms with van der Waals surface area (Å²) in [5.41, 5.74) is 0. The highest BCUT2D eigenvalue weighted by molar-refractivity contribution is 6.29. The Hall–Kier alpha value is -0.800. The minimum atomic E-state index is 0.394. The molecule has 0 aliphatic carbocycles. The second-order valence-corrected chi connectivity index (χ2v) is 4.88. The van der Waals surface area contributed by atoms with Crippen LogP contribution in [0.25, 0.3) is 0 Å². The maximum Gasteiger partial charge on any atom is 0.131 e. The zero-order chi connectivity index (χ0) is 12.1. The van der Waals surface area contributed by atoms with E-state index in [1.807, 2.05) is 12.1 Å². The van der Waals surface area contributed by atoms with Gasteiger partial charge >= 0.3 is 0 Å². The van der Waals surface area contributed by atoms with E-state index in [2.05, 4.69) is 17.2 Å². The van der Waals surface area contributed by atoms with E-state index in [4.69, 9.17) is 16.3 Å². The van der Waals surface area contributed by atoms with Crippen molar-refractivity contribution in [3.63, 3.8) is 0 Å². The largest absolute Gasteiger partial charge is 0.378 e. The molecule has 2 heterocycles. The number of halogens is 1. The average molecular weight is 255 g/mol. The molecule has 1 aliphatic rings. The van der Waals surface area contributed by atoms with Crippen molar-refractivity contribution >= 4 is 17.4 Å². The molecular formula is C13H19ClN2O. The van der Waals surface area contributed by atoms with Gasteiger partial charge in [-0.1, -0.05) is 31.0 Å². The molecule has 2 atom stereocenters. The van der Waals surface area contributed by atoms with E-state index in [1.165, 1.54) is 6.42 Å². The van der Waals surface area contributed by atoms with E-state index < -0.39 is 0 Å². The Balaban J connectivity index is 1.90. The smallest absolute Gasteiger partial charge is 0.131 e. The maximum absolute atomic E-state index is 5.87. The monoisotopic (exact) mass is 254 g/mol. The SMILES string of the molecule is CCCC1CC(Nc2cccc(Cl)n2)CCO1. The van der Waals surface area contributed by atoms with Gasteiger partial charge in [0.2, 0.25) is 0 Å². The van der Waals surface area contributed by atoms with Gasteiger partial charge in [0.1, 0.15) is 11.0 Å². The molecule has 1 fully saturated rings. The lowest BCUT2D eigenvalue weighted by molar-refractivity contribution is 0.00593. The molecule has 3 nitrogen and oxygen atoms in total. The van der Waals surface area contributed by atoms with Gasteiger partial charge in [0.25, 0.3) is 0 Å². The van der Waals surface area contributed by atoms with Crippen LogP contribution in [0.1, 0.15) is 32.6 Å². The zero-order valence-electron chi connectivity index (χ0n) is 10.2. The highest BCUT2D eigenvalue weighted by atomic mass is 35.5. The first-order valence-electron chi connectivity index (χ1n) is 6.28. The molecule has 1 N–H and O–H groups in total. The van der Waals surface area contributed by atoms with Crippen LogP contribution in [0, 0.1) is 0 Å². The van der Waals surface area contributed by atoms with Gasteiger partial charge in [0.15, 0.2) is 0 Å². The van der Waals surface area contributed by atoms with Crippen LogP contribution in [-0.4, -0.2) is 23.7 Å². The van der Waals surface area contributed by atoms with Crippen LogP contribution in [-0.2, 0) is 4.74 Å². The van der Waals surface area contributed by atoms with Crippen molar-refractivity contribution in [3.8, 4) is 0 Å². The maximum atomic E-state index is 5.87. The van der Waals surface area contributed by atoms with Gasteiger partial charge in [-0.2, -0.15) is 0 Å². The second kappa shape index (κ2) is 6.22. The van der Waals surface area contributed by atoms with Gasteiger partial charge in [-0.05, 0) is 31.4 Å². The van der Waals surface area contributed by atoms with Crippen molar-refractivity contribution in [3.05, 3.63) is 23.4 Å². The molecule has 4 heteroatoms.